The van der Waals surface area contributed by atoms with Gasteiger partial charge in [0.25, 0.3) is 11.8 Å². The number of carbonyl (C=O) groups excluding carboxylic acids is 1. The molecule has 4 heterocycles. The van der Waals surface area contributed by atoms with Gasteiger partial charge in [0.2, 0.25) is 5.43 Å². The van der Waals surface area contributed by atoms with Crippen LogP contribution in [0.4, 0.5) is 5.69 Å². The third kappa shape index (κ3) is 4.77. The summed E-state index contributed by atoms with van der Waals surface area (Å²) in [7, 11) is 3.05. The maximum atomic E-state index is 13.5. The molecule has 1 amide bonds. The summed E-state index contributed by atoms with van der Waals surface area (Å²) >= 11 is 0. The van der Waals surface area contributed by atoms with Crippen molar-refractivity contribution in [2.75, 3.05) is 26.1 Å². The molecular formula is C30H28N4O6. The molecule has 0 radical (unpaired) electrons. The van der Waals surface area contributed by atoms with Crippen LogP contribution in [0.2, 0.25) is 0 Å². The average molecular weight is 541 g/mol. The molecule has 0 unspecified atom stereocenters. The summed E-state index contributed by atoms with van der Waals surface area (Å²) in [5, 5.41) is 2.88. The number of hydrogen-bond donors (Lipinski definition) is 1. The number of benzene rings is 1. The van der Waals surface area contributed by atoms with E-state index in [1.807, 2.05) is 10.8 Å². The zero-order valence-corrected chi connectivity index (χ0v) is 22.2. The monoisotopic (exact) mass is 540 g/mol. The maximum absolute atomic E-state index is 13.5. The van der Waals surface area contributed by atoms with Crippen LogP contribution in [0.3, 0.4) is 0 Å². The quantitative estimate of drug-likeness (QED) is 0.350. The van der Waals surface area contributed by atoms with Crippen molar-refractivity contribution < 1.29 is 23.7 Å². The number of amides is 1. The first kappa shape index (κ1) is 25.6. The number of allylic oxidation sites excluding steroid dienone is 2. The largest absolute Gasteiger partial charge is 0.491 e. The van der Waals surface area contributed by atoms with Gasteiger partial charge in [-0.25, -0.2) is 4.98 Å². The standard InChI is InChI=1S/C30H28N4O6/c1-37-25-15-22-27(33-30(25)38-2)24(11-12-31-22)40-20-9-7-19(8-10-20)32-29(36)26-23-17-39-14-13-34(23)16-21(28(26)35)18-5-3-4-6-18/h5,7-12,15-16H,3-4,6,13-14,17H2,1-2H3,(H,32,36). The van der Waals surface area contributed by atoms with Crippen LogP contribution in [0.15, 0.2) is 59.7 Å². The highest BCUT2D eigenvalue weighted by atomic mass is 16.5. The molecule has 10 nitrogen and oxygen atoms in total. The third-order valence-corrected chi connectivity index (χ3v) is 7.08. The van der Waals surface area contributed by atoms with E-state index in [0.29, 0.717) is 64.3 Å². The summed E-state index contributed by atoms with van der Waals surface area (Å²) in [5.74, 6) is 1.35. The normalized spacial score (nSPS) is 14.4. The highest BCUT2D eigenvalue weighted by Gasteiger charge is 2.25. The average Bonchev–Trinajstić information content (AvgIpc) is 3.52. The van der Waals surface area contributed by atoms with Gasteiger partial charge in [0.1, 0.15) is 16.8 Å². The van der Waals surface area contributed by atoms with E-state index < -0.39 is 5.91 Å². The van der Waals surface area contributed by atoms with E-state index in [9.17, 15) is 9.59 Å². The van der Waals surface area contributed by atoms with Crippen LogP contribution in [0, 0.1) is 0 Å². The molecule has 1 aromatic carbocycles. The second kappa shape index (κ2) is 10.8. The molecule has 10 heteroatoms. The Morgan fingerprint density at radius 3 is 2.70 bits per heavy atom. The molecule has 1 N–H and O–H groups in total. The Kier molecular flexibility index (Phi) is 6.91. The van der Waals surface area contributed by atoms with Crippen molar-refractivity contribution in [2.45, 2.75) is 32.4 Å². The van der Waals surface area contributed by atoms with E-state index in [4.69, 9.17) is 18.9 Å². The first-order valence-electron chi connectivity index (χ1n) is 13.1. The summed E-state index contributed by atoms with van der Waals surface area (Å²) < 4.78 is 24.3. The number of methoxy groups -OCH3 is 2. The fourth-order valence-electron chi connectivity index (χ4n) is 5.08. The summed E-state index contributed by atoms with van der Waals surface area (Å²) in [4.78, 5) is 35.8. The molecule has 204 valence electrons. The smallest absolute Gasteiger partial charge is 0.261 e. The van der Waals surface area contributed by atoms with Gasteiger partial charge in [-0.15, -0.1) is 0 Å². The lowest BCUT2D eigenvalue weighted by atomic mass is 10.0. The SMILES string of the molecule is COc1cc2nccc(Oc3ccc(NC(=O)c4c5n(cc(C6=CCCC6)c4=O)CCOC5)cc3)c2nc1OC. The molecule has 3 aromatic heterocycles. The minimum atomic E-state index is -0.460. The van der Waals surface area contributed by atoms with Crippen molar-refractivity contribution in [1.82, 2.24) is 14.5 Å². The number of ether oxygens (including phenoxy) is 4. The number of nitrogens with zero attached hydrogens (tertiary/aromatic N) is 3. The van der Waals surface area contributed by atoms with Gasteiger partial charge in [-0.1, -0.05) is 6.08 Å². The molecule has 0 spiro atoms. The van der Waals surface area contributed by atoms with Crippen LogP contribution in [0.1, 0.15) is 40.9 Å². The number of anilines is 1. The van der Waals surface area contributed by atoms with Crippen molar-refractivity contribution in [3.8, 4) is 23.1 Å². The highest BCUT2D eigenvalue weighted by molar-refractivity contribution is 6.05. The van der Waals surface area contributed by atoms with Crippen molar-refractivity contribution in [2.24, 2.45) is 0 Å². The van der Waals surface area contributed by atoms with Crippen LogP contribution in [0.25, 0.3) is 16.6 Å². The van der Waals surface area contributed by atoms with E-state index in [1.165, 1.54) is 14.2 Å². The summed E-state index contributed by atoms with van der Waals surface area (Å²) in [6.45, 7) is 1.35. The van der Waals surface area contributed by atoms with Crippen molar-refractivity contribution in [3.05, 3.63) is 81.9 Å². The van der Waals surface area contributed by atoms with Gasteiger partial charge in [0.05, 0.1) is 38.6 Å². The van der Waals surface area contributed by atoms with Gasteiger partial charge in [0, 0.05) is 42.3 Å². The van der Waals surface area contributed by atoms with Gasteiger partial charge < -0.3 is 28.8 Å². The van der Waals surface area contributed by atoms with E-state index in [-0.39, 0.29) is 17.6 Å². The molecule has 1 aliphatic carbocycles. The van der Waals surface area contributed by atoms with Gasteiger partial charge in [0.15, 0.2) is 11.5 Å². The van der Waals surface area contributed by atoms with Gasteiger partial charge in [-0.05, 0) is 49.1 Å². The Morgan fingerprint density at radius 2 is 1.95 bits per heavy atom. The fraction of sp³-hybridized carbons (Fsp3) is 0.267. The Balaban J connectivity index is 1.25. The Bertz CT molecular complexity index is 1690. The molecular weight excluding hydrogens is 512 g/mol. The molecule has 0 fully saturated rings. The van der Waals surface area contributed by atoms with Crippen LogP contribution < -0.4 is 25.0 Å². The Labute approximate surface area is 230 Å². The van der Waals surface area contributed by atoms with E-state index in [1.54, 1.807) is 42.6 Å². The lowest BCUT2D eigenvalue weighted by Gasteiger charge is -2.23. The highest BCUT2D eigenvalue weighted by Crippen LogP contribution is 2.34. The number of carbonyl (C=O) groups is 1. The zero-order valence-electron chi connectivity index (χ0n) is 22.2. The second-order valence-electron chi connectivity index (χ2n) is 9.52. The lowest BCUT2D eigenvalue weighted by molar-refractivity contribution is 0.0807. The summed E-state index contributed by atoms with van der Waals surface area (Å²) in [6, 6.07) is 10.3. The molecule has 4 aromatic rings. The topological polar surface area (TPSA) is 114 Å². The minimum Gasteiger partial charge on any atom is -0.491 e. The van der Waals surface area contributed by atoms with Crippen molar-refractivity contribution >= 4 is 28.2 Å². The first-order chi connectivity index (χ1) is 19.6. The predicted octanol–water partition coefficient (Wildman–Crippen LogP) is 4.95. The molecule has 0 atom stereocenters. The van der Waals surface area contributed by atoms with E-state index in [0.717, 1.165) is 24.8 Å². The number of pyridine rings is 3. The third-order valence-electron chi connectivity index (χ3n) is 7.08. The van der Waals surface area contributed by atoms with E-state index >= 15 is 0 Å². The van der Waals surface area contributed by atoms with Crippen LogP contribution in [-0.2, 0) is 17.9 Å². The molecule has 0 saturated heterocycles. The van der Waals surface area contributed by atoms with Crippen molar-refractivity contribution in [3.63, 3.8) is 0 Å². The van der Waals surface area contributed by atoms with Gasteiger partial charge >= 0.3 is 0 Å². The maximum Gasteiger partial charge on any atom is 0.261 e. The van der Waals surface area contributed by atoms with Gasteiger partial charge in [-0.2, -0.15) is 0 Å². The number of rotatable bonds is 7. The number of fused-ring (bicyclic) bond motifs is 2. The minimum absolute atomic E-state index is 0.129. The fourth-order valence-corrected chi connectivity index (χ4v) is 5.08. The zero-order chi connectivity index (χ0) is 27.6. The molecule has 0 bridgehead atoms. The summed E-state index contributed by atoms with van der Waals surface area (Å²) in [5.41, 5.74) is 3.72. The molecule has 2 aliphatic rings. The van der Waals surface area contributed by atoms with Crippen molar-refractivity contribution in [1.29, 1.82) is 0 Å². The molecule has 6 rings (SSSR count). The first-order valence-corrected chi connectivity index (χ1v) is 13.1. The number of aromatic nitrogens is 3. The van der Waals surface area contributed by atoms with Crippen LogP contribution in [0.5, 0.6) is 23.1 Å². The van der Waals surface area contributed by atoms with Gasteiger partial charge in [-0.3, -0.25) is 14.6 Å². The number of nitrogens with one attached hydrogen (secondary N) is 1. The Hall–Kier alpha value is -4.70. The Morgan fingerprint density at radius 1 is 1.10 bits per heavy atom. The molecule has 0 saturated carbocycles. The van der Waals surface area contributed by atoms with Crippen LogP contribution >= 0.6 is 0 Å². The predicted molar refractivity (Wildman–Crippen MR) is 149 cm³/mol. The summed E-state index contributed by atoms with van der Waals surface area (Å²) in [6.07, 6.45) is 8.40. The second-order valence-corrected chi connectivity index (χ2v) is 9.52. The van der Waals surface area contributed by atoms with Crippen LogP contribution in [-0.4, -0.2) is 41.3 Å². The molecule has 1 aliphatic heterocycles. The lowest BCUT2D eigenvalue weighted by Crippen LogP contribution is -2.32. The van der Waals surface area contributed by atoms with E-state index in [2.05, 4.69) is 21.4 Å². The molecule has 40 heavy (non-hydrogen) atoms. The number of hydrogen-bond acceptors (Lipinski definition) is 8.